The third kappa shape index (κ3) is 12.2. The van der Waals surface area contributed by atoms with Gasteiger partial charge in [0.05, 0.1) is 26.9 Å². The van der Waals surface area contributed by atoms with Crippen molar-refractivity contribution in [3.8, 4) is 5.75 Å². The van der Waals surface area contributed by atoms with Crippen LogP contribution in [0.25, 0.3) is 0 Å². The van der Waals surface area contributed by atoms with Gasteiger partial charge >= 0.3 is 12.1 Å². The number of likely N-dealkylation sites (N-methyl/N-ethyl adjacent to an activating group) is 1. The molecule has 1 heterocycles. The highest BCUT2D eigenvalue weighted by atomic mass is 16.6. The molecule has 46 heavy (non-hydrogen) atoms. The topological polar surface area (TPSA) is 176 Å². The van der Waals surface area contributed by atoms with Crippen molar-refractivity contribution in [1.29, 1.82) is 0 Å². The summed E-state index contributed by atoms with van der Waals surface area (Å²) in [5.41, 5.74) is 7.16. The molecule has 4 atom stereocenters. The largest absolute Gasteiger partial charge is 0.496 e. The first-order chi connectivity index (χ1) is 21.7. The predicted molar refractivity (Wildman–Crippen MR) is 171 cm³/mol. The number of amides is 3. The van der Waals surface area contributed by atoms with Gasteiger partial charge in [0.1, 0.15) is 17.4 Å². The van der Waals surface area contributed by atoms with Crippen molar-refractivity contribution >= 4 is 29.7 Å². The molecule has 0 saturated carbocycles. The molecule has 0 fully saturated rings. The lowest BCUT2D eigenvalue weighted by Gasteiger charge is -2.31. The zero-order valence-electron chi connectivity index (χ0n) is 28.3. The van der Waals surface area contributed by atoms with Crippen molar-refractivity contribution in [1.82, 2.24) is 15.5 Å². The van der Waals surface area contributed by atoms with Crippen LogP contribution in [0.2, 0.25) is 0 Å². The predicted octanol–water partition coefficient (Wildman–Crippen LogP) is 2.82. The fourth-order valence-corrected chi connectivity index (χ4v) is 5.15. The number of hydrogen-bond acceptors (Lipinski definition) is 10. The molecule has 0 spiro atoms. The van der Waals surface area contributed by atoms with Gasteiger partial charge in [-0.1, -0.05) is 13.0 Å². The van der Waals surface area contributed by atoms with Crippen LogP contribution in [0.1, 0.15) is 83.4 Å². The number of esters is 1. The van der Waals surface area contributed by atoms with Gasteiger partial charge in [0.25, 0.3) is 0 Å². The third-order valence-electron chi connectivity index (χ3n) is 7.61. The SMILES string of the molecule is COC(=O)[C@@H]1COCCCCc2cc(ccc2OC)[C@H](N(C)C(=O)[C@@H](N)CCCCNC(=O)OC(C)(C)C)C(=O)C[C@@H](C)C(=O)N1. The molecule has 1 aliphatic heterocycles. The van der Waals surface area contributed by atoms with Gasteiger partial charge in [0, 0.05) is 32.5 Å². The average Bonchev–Trinajstić information content (AvgIpc) is 2.99. The van der Waals surface area contributed by atoms with Crippen molar-refractivity contribution in [2.24, 2.45) is 11.7 Å². The van der Waals surface area contributed by atoms with E-state index in [1.807, 2.05) is 6.07 Å². The zero-order chi connectivity index (χ0) is 34.4. The van der Waals surface area contributed by atoms with E-state index in [-0.39, 0.29) is 18.8 Å². The molecule has 258 valence electrons. The smallest absolute Gasteiger partial charge is 0.407 e. The van der Waals surface area contributed by atoms with Gasteiger partial charge in [-0.15, -0.1) is 0 Å². The fraction of sp³-hybridized carbons (Fsp3) is 0.667. The lowest BCUT2D eigenvalue weighted by atomic mass is 9.91. The minimum absolute atomic E-state index is 0.0628. The molecule has 1 aromatic carbocycles. The number of ether oxygens (including phenoxy) is 4. The maximum atomic E-state index is 13.9. The molecular weight excluding hydrogens is 596 g/mol. The quantitative estimate of drug-likeness (QED) is 0.267. The summed E-state index contributed by atoms with van der Waals surface area (Å²) in [6, 6.07) is 2.46. The van der Waals surface area contributed by atoms with E-state index in [9.17, 15) is 24.0 Å². The van der Waals surface area contributed by atoms with Crippen LogP contribution in [0, 0.1) is 5.92 Å². The molecule has 1 aliphatic rings. The molecule has 0 saturated heterocycles. The van der Waals surface area contributed by atoms with Gasteiger partial charge in [0.15, 0.2) is 11.8 Å². The molecule has 0 unspecified atom stereocenters. The van der Waals surface area contributed by atoms with Crippen LogP contribution >= 0.6 is 0 Å². The molecule has 13 heteroatoms. The van der Waals surface area contributed by atoms with Crippen molar-refractivity contribution < 1.29 is 42.9 Å². The van der Waals surface area contributed by atoms with Crippen LogP contribution in [-0.4, -0.2) is 93.3 Å². The van der Waals surface area contributed by atoms with Crippen LogP contribution in [0.3, 0.4) is 0 Å². The molecule has 2 rings (SSSR count). The van der Waals surface area contributed by atoms with E-state index in [4.69, 9.17) is 24.7 Å². The minimum Gasteiger partial charge on any atom is -0.496 e. The summed E-state index contributed by atoms with van der Waals surface area (Å²) < 4.78 is 21.3. The molecule has 0 aliphatic carbocycles. The number of aryl methyl sites for hydroxylation is 1. The number of nitrogens with one attached hydrogen (secondary N) is 2. The zero-order valence-corrected chi connectivity index (χ0v) is 28.3. The summed E-state index contributed by atoms with van der Waals surface area (Å²) in [5.74, 6) is -2.11. The molecule has 3 amide bonds. The Morgan fingerprint density at radius 1 is 1.15 bits per heavy atom. The number of alkyl carbamates (subject to hydrolysis) is 1. The maximum Gasteiger partial charge on any atom is 0.407 e. The van der Waals surface area contributed by atoms with Crippen LogP contribution < -0.4 is 21.1 Å². The Labute approximate surface area is 272 Å². The van der Waals surface area contributed by atoms with E-state index in [1.54, 1.807) is 46.9 Å². The second-order valence-corrected chi connectivity index (χ2v) is 12.6. The van der Waals surface area contributed by atoms with Crippen molar-refractivity contribution in [2.75, 3.05) is 41.0 Å². The summed E-state index contributed by atoms with van der Waals surface area (Å²) in [7, 11) is 4.33. The standard InChI is InChI=1S/C33H52N4O9/c1-21-18-26(38)28(37(5)30(40)24(34)13-8-10-16-35-32(42)46-33(2,3)4)23-14-15-27(43-6)22(19-23)12-9-11-17-45-20-25(31(41)44-7)36-29(21)39/h14-15,19,21,24-25,28H,8-13,16-18,20,34H2,1-7H3,(H,35,42)(H,36,39)/t21-,24+,25+,28+/m1/s1. The highest BCUT2D eigenvalue weighted by Gasteiger charge is 2.34. The summed E-state index contributed by atoms with van der Waals surface area (Å²) >= 11 is 0. The number of unbranched alkanes of at least 4 members (excludes halogenated alkanes) is 1. The average molecular weight is 649 g/mol. The Hall–Kier alpha value is -3.71. The number of methoxy groups -OCH3 is 2. The molecule has 4 N–H and O–H groups in total. The molecule has 0 radical (unpaired) electrons. The first-order valence-corrected chi connectivity index (χ1v) is 15.8. The number of Topliss-reactive ketones (excluding diaryl/α,β-unsaturated/α-hetero) is 1. The van der Waals surface area contributed by atoms with Crippen LogP contribution in [0.4, 0.5) is 4.79 Å². The second-order valence-electron chi connectivity index (χ2n) is 12.6. The maximum absolute atomic E-state index is 13.9. The summed E-state index contributed by atoms with van der Waals surface area (Å²) in [6.07, 6.45) is 2.80. The number of nitrogens with zero attached hydrogens (tertiary/aromatic N) is 1. The van der Waals surface area contributed by atoms with E-state index < -0.39 is 53.5 Å². The molecule has 1 aromatic rings. The Morgan fingerprint density at radius 2 is 1.87 bits per heavy atom. The number of carbonyl (C=O) groups is 5. The summed E-state index contributed by atoms with van der Waals surface area (Å²) in [4.78, 5) is 66.1. The minimum atomic E-state index is -1.02. The number of hydrogen-bond donors (Lipinski definition) is 3. The summed E-state index contributed by atoms with van der Waals surface area (Å²) in [5, 5.41) is 5.32. The first-order valence-electron chi connectivity index (χ1n) is 15.8. The number of benzene rings is 1. The second kappa shape index (κ2) is 18.4. The Morgan fingerprint density at radius 3 is 2.52 bits per heavy atom. The van der Waals surface area contributed by atoms with Gasteiger partial charge in [-0.25, -0.2) is 9.59 Å². The monoisotopic (exact) mass is 648 g/mol. The van der Waals surface area contributed by atoms with Gasteiger partial charge in [0.2, 0.25) is 11.8 Å². The number of carbonyl (C=O) groups excluding carboxylic acids is 5. The van der Waals surface area contributed by atoms with E-state index >= 15 is 0 Å². The van der Waals surface area contributed by atoms with Gasteiger partial charge in [-0.05, 0) is 82.6 Å². The molecule has 0 aromatic heterocycles. The number of nitrogens with two attached hydrogens (primary N) is 1. The van der Waals surface area contributed by atoms with E-state index in [1.165, 1.54) is 19.1 Å². The number of fused-ring (bicyclic) bond motifs is 2. The normalized spacial score (nSPS) is 20.6. The van der Waals surface area contributed by atoms with Crippen molar-refractivity contribution in [2.45, 2.75) is 96.4 Å². The van der Waals surface area contributed by atoms with Crippen molar-refractivity contribution in [3.05, 3.63) is 29.3 Å². The Kier molecular flexibility index (Phi) is 15.4. The highest BCUT2D eigenvalue weighted by Crippen LogP contribution is 2.30. The lowest BCUT2D eigenvalue weighted by molar-refractivity contribution is -0.147. The third-order valence-corrected chi connectivity index (χ3v) is 7.61. The van der Waals surface area contributed by atoms with Gasteiger partial charge in [-0.3, -0.25) is 14.4 Å². The fourth-order valence-electron chi connectivity index (χ4n) is 5.15. The van der Waals surface area contributed by atoms with Crippen LogP contribution in [0.15, 0.2) is 18.2 Å². The first kappa shape index (κ1) is 38.5. The van der Waals surface area contributed by atoms with Crippen LogP contribution in [-0.2, 0) is 39.8 Å². The Balaban J connectivity index is 2.26. The van der Waals surface area contributed by atoms with Gasteiger partial charge in [-0.2, -0.15) is 0 Å². The van der Waals surface area contributed by atoms with E-state index in [0.29, 0.717) is 56.6 Å². The molecule has 2 bridgehead atoms. The molecule has 13 nitrogen and oxygen atoms in total. The highest BCUT2D eigenvalue weighted by molar-refractivity contribution is 5.94. The van der Waals surface area contributed by atoms with Gasteiger partial charge < -0.3 is 40.2 Å². The Bertz CT molecular complexity index is 1200. The van der Waals surface area contributed by atoms with Crippen LogP contribution in [0.5, 0.6) is 5.75 Å². The number of ketones is 1. The van der Waals surface area contributed by atoms with E-state index in [2.05, 4.69) is 10.6 Å². The molecular formula is C33H52N4O9. The number of rotatable bonds is 9. The lowest BCUT2D eigenvalue weighted by Crippen LogP contribution is -2.48. The summed E-state index contributed by atoms with van der Waals surface area (Å²) in [6.45, 7) is 7.60. The van der Waals surface area contributed by atoms with Crippen molar-refractivity contribution in [3.63, 3.8) is 0 Å². The van der Waals surface area contributed by atoms with E-state index in [0.717, 1.165) is 12.0 Å².